The van der Waals surface area contributed by atoms with E-state index in [0.29, 0.717) is 29.8 Å². The molecule has 15 heavy (non-hydrogen) atoms. The van der Waals surface area contributed by atoms with Gasteiger partial charge in [-0.15, -0.1) is 11.6 Å². The van der Waals surface area contributed by atoms with Crippen molar-refractivity contribution in [2.24, 2.45) is 0 Å². The third-order valence-corrected chi connectivity index (χ3v) is 2.74. The molecular weight excluding hydrogens is 244 g/mol. The summed E-state index contributed by atoms with van der Waals surface area (Å²) in [4.78, 5) is 5.61. The third-order valence-electron chi connectivity index (χ3n) is 1.76. The summed E-state index contributed by atoms with van der Waals surface area (Å²) in [5, 5.41) is 0.521. The van der Waals surface area contributed by atoms with Gasteiger partial charge in [-0.2, -0.15) is 4.37 Å². The van der Waals surface area contributed by atoms with Gasteiger partial charge >= 0.3 is 0 Å². The Morgan fingerprint density at radius 2 is 2.27 bits per heavy atom. The minimum absolute atomic E-state index is 0.299. The molecule has 0 saturated heterocycles. The lowest BCUT2D eigenvalue weighted by molar-refractivity contribution is 0.155. The number of aryl methyl sites for hydroxylation is 1. The van der Waals surface area contributed by atoms with Gasteiger partial charge in [-0.1, -0.05) is 6.92 Å². The summed E-state index contributed by atoms with van der Waals surface area (Å²) in [6, 6.07) is 0. The molecule has 0 fully saturated rings. The average molecular weight is 256 g/mol. The van der Waals surface area contributed by atoms with E-state index in [2.05, 4.69) is 9.36 Å². The normalized spacial score (nSPS) is 11.0. The van der Waals surface area contributed by atoms with Crippen molar-refractivity contribution in [3.05, 3.63) is 5.82 Å². The highest BCUT2D eigenvalue weighted by molar-refractivity contribution is 7.09. The van der Waals surface area contributed by atoms with E-state index in [1.807, 2.05) is 6.92 Å². The fourth-order valence-corrected chi connectivity index (χ4v) is 2.04. The number of anilines is 1. The molecular formula is C8H12ClF2N3S. The van der Waals surface area contributed by atoms with Crippen molar-refractivity contribution < 1.29 is 8.78 Å². The molecule has 1 aromatic heterocycles. The second kappa shape index (κ2) is 6.17. The molecule has 0 spiro atoms. The monoisotopic (exact) mass is 255 g/mol. The Labute approximate surface area is 96.2 Å². The van der Waals surface area contributed by atoms with Crippen LogP contribution in [0.15, 0.2) is 0 Å². The predicted octanol–water partition coefficient (Wildman–Crippen LogP) is 2.41. The molecule has 0 bridgehead atoms. The first-order valence-corrected chi connectivity index (χ1v) is 5.89. The lowest BCUT2D eigenvalue weighted by Crippen LogP contribution is -2.30. The zero-order chi connectivity index (χ0) is 11.3. The van der Waals surface area contributed by atoms with Gasteiger partial charge < -0.3 is 4.90 Å². The predicted molar refractivity (Wildman–Crippen MR) is 58.2 cm³/mol. The highest BCUT2D eigenvalue weighted by Crippen LogP contribution is 2.18. The number of halogens is 3. The quantitative estimate of drug-likeness (QED) is 0.731. The zero-order valence-electron chi connectivity index (χ0n) is 8.29. The minimum atomic E-state index is -2.39. The molecule has 1 rings (SSSR count). The molecule has 1 aromatic rings. The van der Waals surface area contributed by atoms with Gasteiger partial charge in [0.25, 0.3) is 6.43 Å². The maximum Gasteiger partial charge on any atom is 0.255 e. The van der Waals surface area contributed by atoms with Gasteiger partial charge in [0, 0.05) is 30.4 Å². The summed E-state index contributed by atoms with van der Waals surface area (Å²) in [6.07, 6.45) is -1.68. The van der Waals surface area contributed by atoms with E-state index in [9.17, 15) is 8.78 Å². The largest absolute Gasteiger partial charge is 0.340 e. The summed E-state index contributed by atoms with van der Waals surface area (Å²) >= 11 is 6.68. The van der Waals surface area contributed by atoms with Gasteiger partial charge in [0.15, 0.2) is 0 Å². The Morgan fingerprint density at radius 3 is 2.73 bits per heavy atom. The Hall–Kier alpha value is -0.490. The topological polar surface area (TPSA) is 29.0 Å². The molecule has 0 atom stereocenters. The highest BCUT2D eigenvalue weighted by Gasteiger charge is 2.16. The van der Waals surface area contributed by atoms with Crippen LogP contribution in [0.25, 0.3) is 0 Å². The van der Waals surface area contributed by atoms with Crippen molar-refractivity contribution >= 4 is 28.3 Å². The Bertz CT molecular complexity index is 295. The summed E-state index contributed by atoms with van der Waals surface area (Å²) in [7, 11) is 0. The van der Waals surface area contributed by atoms with Crippen LogP contribution >= 0.6 is 23.1 Å². The summed E-state index contributed by atoms with van der Waals surface area (Å²) in [5.41, 5.74) is 0. The minimum Gasteiger partial charge on any atom is -0.340 e. The van der Waals surface area contributed by atoms with Gasteiger partial charge in [0.1, 0.15) is 5.82 Å². The number of hydrogen-bond donors (Lipinski definition) is 0. The number of rotatable bonds is 6. The molecule has 1 heterocycles. The maximum atomic E-state index is 12.3. The second-order valence-corrected chi connectivity index (χ2v) is 3.98. The standard InChI is InChI=1S/C8H12ClF2N3S/c1-2-7-12-8(15-13-7)14(4-3-9)5-6(10)11/h6H,2-5H2,1H3. The lowest BCUT2D eigenvalue weighted by atomic mass is 10.5. The number of alkyl halides is 3. The van der Waals surface area contributed by atoms with Crippen molar-refractivity contribution in [1.29, 1.82) is 0 Å². The molecule has 0 amide bonds. The van der Waals surface area contributed by atoms with Crippen molar-refractivity contribution in [1.82, 2.24) is 9.36 Å². The van der Waals surface area contributed by atoms with Gasteiger partial charge in [-0.3, -0.25) is 0 Å². The van der Waals surface area contributed by atoms with Crippen molar-refractivity contribution in [2.75, 3.05) is 23.9 Å². The highest BCUT2D eigenvalue weighted by atomic mass is 35.5. The fourth-order valence-electron chi connectivity index (χ4n) is 1.05. The van der Waals surface area contributed by atoms with E-state index in [1.165, 1.54) is 4.90 Å². The molecule has 7 heteroatoms. The van der Waals surface area contributed by atoms with Gasteiger partial charge in [0.2, 0.25) is 5.13 Å². The second-order valence-electron chi connectivity index (χ2n) is 2.87. The van der Waals surface area contributed by atoms with Crippen LogP contribution in [0.4, 0.5) is 13.9 Å². The van der Waals surface area contributed by atoms with Crippen LogP contribution in [-0.2, 0) is 6.42 Å². The third kappa shape index (κ3) is 3.87. The number of nitrogens with zero attached hydrogens (tertiary/aromatic N) is 3. The van der Waals surface area contributed by atoms with E-state index in [0.717, 1.165) is 11.5 Å². The van der Waals surface area contributed by atoms with Crippen LogP contribution < -0.4 is 4.90 Å². The van der Waals surface area contributed by atoms with E-state index in [-0.39, 0.29) is 6.54 Å². The van der Waals surface area contributed by atoms with Crippen molar-refractivity contribution in [3.63, 3.8) is 0 Å². The Morgan fingerprint density at radius 1 is 1.53 bits per heavy atom. The van der Waals surface area contributed by atoms with Crippen LogP contribution in [0.2, 0.25) is 0 Å². The van der Waals surface area contributed by atoms with Gasteiger partial charge in [0.05, 0.1) is 6.54 Å². The van der Waals surface area contributed by atoms with Crippen LogP contribution in [0.5, 0.6) is 0 Å². The average Bonchev–Trinajstić information content (AvgIpc) is 2.64. The number of hydrogen-bond acceptors (Lipinski definition) is 4. The SMILES string of the molecule is CCc1nsc(N(CCCl)CC(F)F)n1. The smallest absolute Gasteiger partial charge is 0.255 e. The first-order chi connectivity index (χ1) is 7.17. The summed E-state index contributed by atoms with van der Waals surface area (Å²) in [6.45, 7) is 1.94. The van der Waals surface area contributed by atoms with E-state index in [1.54, 1.807) is 0 Å². The summed E-state index contributed by atoms with van der Waals surface area (Å²) in [5.74, 6) is 0.983. The molecule has 0 aliphatic heterocycles. The molecule has 0 aromatic carbocycles. The van der Waals surface area contributed by atoms with Crippen LogP contribution in [0.1, 0.15) is 12.7 Å². The first-order valence-electron chi connectivity index (χ1n) is 4.59. The first kappa shape index (κ1) is 12.6. The van der Waals surface area contributed by atoms with Crippen LogP contribution in [0, 0.1) is 0 Å². The van der Waals surface area contributed by atoms with E-state index in [4.69, 9.17) is 11.6 Å². The van der Waals surface area contributed by atoms with Gasteiger partial charge in [-0.25, -0.2) is 13.8 Å². The Kier molecular flexibility index (Phi) is 5.17. The molecule has 0 saturated carbocycles. The molecule has 0 aliphatic rings. The van der Waals surface area contributed by atoms with Crippen LogP contribution in [-0.4, -0.2) is 34.8 Å². The molecule has 0 aliphatic carbocycles. The molecule has 3 nitrogen and oxygen atoms in total. The molecule has 0 unspecified atom stereocenters. The zero-order valence-corrected chi connectivity index (χ0v) is 9.86. The molecule has 86 valence electrons. The van der Waals surface area contributed by atoms with E-state index >= 15 is 0 Å². The fraction of sp³-hybridized carbons (Fsp3) is 0.750. The maximum absolute atomic E-state index is 12.3. The number of aromatic nitrogens is 2. The van der Waals surface area contributed by atoms with Gasteiger partial charge in [-0.05, 0) is 0 Å². The molecule has 0 radical (unpaired) electrons. The summed E-state index contributed by atoms with van der Waals surface area (Å²) < 4.78 is 28.6. The molecule has 0 N–H and O–H groups in total. The van der Waals surface area contributed by atoms with Crippen LogP contribution in [0.3, 0.4) is 0 Å². The van der Waals surface area contributed by atoms with Crippen molar-refractivity contribution in [3.8, 4) is 0 Å². The lowest BCUT2D eigenvalue weighted by Gasteiger charge is -2.19. The van der Waals surface area contributed by atoms with E-state index < -0.39 is 6.43 Å². The Balaban J connectivity index is 2.69. The van der Waals surface area contributed by atoms with Crippen molar-refractivity contribution in [2.45, 2.75) is 19.8 Å².